The maximum absolute atomic E-state index is 9.62. The van der Waals surface area contributed by atoms with Crippen molar-refractivity contribution in [3.05, 3.63) is 29.8 Å². The van der Waals surface area contributed by atoms with E-state index in [0.29, 0.717) is 5.75 Å². The van der Waals surface area contributed by atoms with E-state index >= 15 is 0 Å². The quantitative estimate of drug-likeness (QED) is 0.764. The normalized spacial score (nSPS) is 12.9. The number of nitrogens with two attached hydrogens (primary N) is 1. The van der Waals surface area contributed by atoms with Crippen LogP contribution in [-0.4, -0.2) is 17.8 Å². The van der Waals surface area contributed by atoms with Crippen LogP contribution in [0, 0.1) is 0 Å². The summed E-state index contributed by atoms with van der Waals surface area (Å²) in [5.74, 6) is 0.709. The molecule has 0 fully saturated rings. The molecule has 0 saturated carbocycles. The Hall–Kier alpha value is -1.06. The molecule has 1 aromatic carbocycles. The highest BCUT2D eigenvalue weighted by atomic mass is 16.5. The van der Waals surface area contributed by atoms with Gasteiger partial charge in [0, 0.05) is 12.1 Å². The van der Waals surface area contributed by atoms with Crippen molar-refractivity contribution < 1.29 is 9.84 Å². The molecule has 0 heterocycles. The lowest BCUT2D eigenvalue weighted by Crippen LogP contribution is -2.14. The van der Waals surface area contributed by atoms with E-state index in [4.69, 9.17) is 10.5 Å². The summed E-state index contributed by atoms with van der Waals surface area (Å²) in [6.45, 7) is 4.11. The molecule has 78 valence electrons. The predicted molar refractivity (Wildman–Crippen MR) is 56.2 cm³/mol. The van der Waals surface area contributed by atoms with Gasteiger partial charge in [-0.05, 0) is 19.9 Å². The number of benzene rings is 1. The van der Waals surface area contributed by atoms with Crippen molar-refractivity contribution in [3.8, 4) is 5.75 Å². The fourth-order valence-corrected chi connectivity index (χ4v) is 1.24. The summed E-state index contributed by atoms with van der Waals surface area (Å²) >= 11 is 0. The van der Waals surface area contributed by atoms with E-state index < -0.39 is 6.10 Å². The van der Waals surface area contributed by atoms with Gasteiger partial charge < -0.3 is 15.6 Å². The van der Waals surface area contributed by atoms with Crippen LogP contribution in [0.1, 0.15) is 25.5 Å². The Bertz CT molecular complexity index is 286. The third-order valence-corrected chi connectivity index (χ3v) is 1.86. The van der Waals surface area contributed by atoms with Gasteiger partial charge in [-0.2, -0.15) is 0 Å². The van der Waals surface area contributed by atoms with E-state index in [-0.39, 0.29) is 12.6 Å². The smallest absolute Gasteiger partial charge is 0.125 e. The van der Waals surface area contributed by atoms with Crippen LogP contribution >= 0.6 is 0 Å². The van der Waals surface area contributed by atoms with Crippen molar-refractivity contribution in [1.82, 2.24) is 0 Å². The molecule has 3 N–H and O–H groups in total. The molecule has 0 aliphatic rings. The van der Waals surface area contributed by atoms with Crippen LogP contribution in [0.5, 0.6) is 5.75 Å². The first-order valence-electron chi connectivity index (χ1n) is 4.79. The van der Waals surface area contributed by atoms with E-state index in [0.717, 1.165) is 5.56 Å². The minimum Gasteiger partial charge on any atom is -0.491 e. The van der Waals surface area contributed by atoms with Crippen LogP contribution in [0.2, 0.25) is 0 Å². The summed E-state index contributed by atoms with van der Waals surface area (Å²) < 4.78 is 5.55. The number of hydrogen-bond acceptors (Lipinski definition) is 3. The molecule has 0 bridgehead atoms. The van der Waals surface area contributed by atoms with Gasteiger partial charge in [-0.25, -0.2) is 0 Å². The van der Waals surface area contributed by atoms with Gasteiger partial charge in [-0.3, -0.25) is 0 Å². The Labute approximate surface area is 84.5 Å². The zero-order valence-corrected chi connectivity index (χ0v) is 8.60. The van der Waals surface area contributed by atoms with E-state index in [1.165, 1.54) is 0 Å². The minimum atomic E-state index is -0.648. The summed E-state index contributed by atoms with van der Waals surface area (Å²) in [7, 11) is 0. The maximum atomic E-state index is 9.62. The van der Waals surface area contributed by atoms with Crippen LogP contribution in [0.15, 0.2) is 24.3 Å². The molecule has 1 atom stereocenters. The lowest BCUT2D eigenvalue weighted by molar-refractivity contribution is 0.173. The fourth-order valence-electron chi connectivity index (χ4n) is 1.24. The Balaban J connectivity index is 2.91. The highest BCUT2D eigenvalue weighted by Crippen LogP contribution is 2.25. The van der Waals surface area contributed by atoms with Crippen LogP contribution in [0.25, 0.3) is 0 Å². The van der Waals surface area contributed by atoms with Gasteiger partial charge in [-0.15, -0.1) is 0 Å². The van der Waals surface area contributed by atoms with Crippen LogP contribution in [0.4, 0.5) is 0 Å². The molecule has 3 heteroatoms. The van der Waals surface area contributed by atoms with Crippen LogP contribution in [0.3, 0.4) is 0 Å². The number of rotatable bonds is 4. The Morgan fingerprint density at radius 2 is 2.00 bits per heavy atom. The predicted octanol–water partition coefficient (Wildman–Crippen LogP) is 1.47. The monoisotopic (exact) mass is 195 g/mol. The number of hydrogen-bond donors (Lipinski definition) is 2. The number of ether oxygens (including phenoxy) is 1. The van der Waals surface area contributed by atoms with Crippen molar-refractivity contribution in [2.24, 2.45) is 5.73 Å². The van der Waals surface area contributed by atoms with Gasteiger partial charge in [-0.1, -0.05) is 18.2 Å². The average molecular weight is 195 g/mol. The van der Waals surface area contributed by atoms with E-state index in [1.807, 2.05) is 38.1 Å². The van der Waals surface area contributed by atoms with Gasteiger partial charge in [0.2, 0.25) is 0 Å². The largest absolute Gasteiger partial charge is 0.491 e. The summed E-state index contributed by atoms with van der Waals surface area (Å²) in [6.07, 6.45) is -0.550. The summed E-state index contributed by atoms with van der Waals surface area (Å²) in [5, 5.41) is 9.62. The molecule has 14 heavy (non-hydrogen) atoms. The third kappa shape index (κ3) is 2.72. The van der Waals surface area contributed by atoms with Crippen LogP contribution in [-0.2, 0) is 0 Å². The van der Waals surface area contributed by atoms with Gasteiger partial charge >= 0.3 is 0 Å². The van der Waals surface area contributed by atoms with Gasteiger partial charge in [0.25, 0.3) is 0 Å². The summed E-state index contributed by atoms with van der Waals surface area (Å²) in [5.41, 5.74) is 6.15. The van der Waals surface area contributed by atoms with Crippen molar-refractivity contribution in [2.75, 3.05) is 6.54 Å². The Morgan fingerprint density at radius 1 is 1.36 bits per heavy atom. The molecule has 1 rings (SSSR count). The fraction of sp³-hybridized carbons (Fsp3) is 0.455. The maximum Gasteiger partial charge on any atom is 0.125 e. The van der Waals surface area contributed by atoms with Gasteiger partial charge in [0.15, 0.2) is 0 Å². The minimum absolute atomic E-state index is 0.0983. The van der Waals surface area contributed by atoms with E-state index in [9.17, 15) is 5.11 Å². The average Bonchev–Trinajstić information content (AvgIpc) is 2.16. The second-order valence-electron chi connectivity index (χ2n) is 3.46. The standard InChI is InChI=1S/C11H17NO2/c1-8(2)14-11-6-4-3-5-9(11)10(13)7-12/h3-6,8,10,13H,7,12H2,1-2H3/t10-/m0/s1. The first kappa shape index (κ1) is 11.0. The summed E-state index contributed by atoms with van der Waals surface area (Å²) in [4.78, 5) is 0. The zero-order chi connectivity index (χ0) is 10.6. The molecule has 0 saturated heterocycles. The first-order chi connectivity index (χ1) is 6.65. The van der Waals surface area contributed by atoms with Crippen molar-refractivity contribution >= 4 is 0 Å². The lowest BCUT2D eigenvalue weighted by atomic mass is 10.1. The highest BCUT2D eigenvalue weighted by molar-refractivity contribution is 5.35. The molecule has 0 spiro atoms. The van der Waals surface area contributed by atoms with Gasteiger partial charge in [0.1, 0.15) is 5.75 Å². The first-order valence-corrected chi connectivity index (χ1v) is 4.79. The van der Waals surface area contributed by atoms with Crippen molar-refractivity contribution in [1.29, 1.82) is 0 Å². The van der Waals surface area contributed by atoms with E-state index in [2.05, 4.69) is 0 Å². The zero-order valence-electron chi connectivity index (χ0n) is 8.60. The second-order valence-corrected chi connectivity index (χ2v) is 3.46. The van der Waals surface area contributed by atoms with Crippen molar-refractivity contribution in [3.63, 3.8) is 0 Å². The highest BCUT2D eigenvalue weighted by Gasteiger charge is 2.11. The molecule has 0 aromatic heterocycles. The Kier molecular flexibility index (Phi) is 3.92. The number of aliphatic hydroxyl groups excluding tert-OH is 1. The molecule has 0 aliphatic heterocycles. The molecular formula is C11H17NO2. The molecular weight excluding hydrogens is 178 g/mol. The Morgan fingerprint density at radius 3 is 2.57 bits per heavy atom. The number of aliphatic hydroxyl groups is 1. The summed E-state index contributed by atoms with van der Waals surface area (Å²) in [6, 6.07) is 7.41. The molecule has 0 aliphatic carbocycles. The van der Waals surface area contributed by atoms with E-state index in [1.54, 1.807) is 0 Å². The van der Waals surface area contributed by atoms with Crippen LogP contribution < -0.4 is 10.5 Å². The SMILES string of the molecule is CC(C)Oc1ccccc1[C@@H](O)CN. The van der Waals surface area contributed by atoms with Gasteiger partial charge in [0.05, 0.1) is 12.2 Å². The molecule has 0 unspecified atom stereocenters. The molecule has 3 nitrogen and oxygen atoms in total. The molecule has 0 amide bonds. The second kappa shape index (κ2) is 4.98. The number of para-hydroxylation sites is 1. The lowest BCUT2D eigenvalue weighted by Gasteiger charge is -2.16. The topological polar surface area (TPSA) is 55.5 Å². The molecule has 1 aromatic rings. The van der Waals surface area contributed by atoms with Crippen molar-refractivity contribution in [2.45, 2.75) is 26.1 Å². The third-order valence-electron chi connectivity index (χ3n) is 1.86. The molecule has 0 radical (unpaired) electrons.